The minimum atomic E-state index is -0.396. The molecule has 0 bridgehead atoms. The molecule has 0 aliphatic heterocycles. The number of fused-ring (bicyclic) bond motifs is 1. The Labute approximate surface area is 118 Å². The molecular formula is C13H14BrNO2S. The SMILES string of the molecule is CC(C)COc1cc(Br)c2sc(C(N)=O)cc2c1. The predicted octanol–water partition coefficient (Wildman–Crippen LogP) is 3.80. The third-order valence-corrected chi connectivity index (χ3v) is 4.46. The van der Waals surface area contributed by atoms with Gasteiger partial charge in [-0.3, -0.25) is 4.79 Å². The second-order valence-electron chi connectivity index (χ2n) is 4.50. The van der Waals surface area contributed by atoms with Crippen LogP contribution in [0.1, 0.15) is 23.5 Å². The molecule has 96 valence electrons. The summed E-state index contributed by atoms with van der Waals surface area (Å²) >= 11 is 4.88. The Balaban J connectivity index is 2.38. The average Bonchev–Trinajstić information content (AvgIpc) is 2.71. The molecule has 0 saturated heterocycles. The van der Waals surface area contributed by atoms with Gasteiger partial charge in [-0.25, -0.2) is 0 Å². The van der Waals surface area contributed by atoms with E-state index in [9.17, 15) is 4.79 Å². The molecule has 1 aromatic heterocycles. The number of hydrogen-bond acceptors (Lipinski definition) is 3. The van der Waals surface area contributed by atoms with Gasteiger partial charge in [0.25, 0.3) is 5.91 Å². The summed E-state index contributed by atoms with van der Waals surface area (Å²) in [5, 5.41) is 0.974. The molecule has 2 rings (SSSR count). The molecule has 0 atom stereocenters. The summed E-state index contributed by atoms with van der Waals surface area (Å²) in [6.45, 7) is 4.87. The first kappa shape index (κ1) is 13.4. The van der Waals surface area contributed by atoms with E-state index in [-0.39, 0.29) is 0 Å². The van der Waals surface area contributed by atoms with Crippen LogP contribution in [0.2, 0.25) is 0 Å². The minimum Gasteiger partial charge on any atom is -0.493 e. The highest BCUT2D eigenvalue weighted by Crippen LogP contribution is 2.35. The van der Waals surface area contributed by atoms with E-state index in [4.69, 9.17) is 10.5 Å². The molecule has 1 aromatic carbocycles. The van der Waals surface area contributed by atoms with E-state index in [2.05, 4.69) is 29.8 Å². The van der Waals surface area contributed by atoms with E-state index in [1.165, 1.54) is 11.3 Å². The molecule has 0 radical (unpaired) electrons. The van der Waals surface area contributed by atoms with Crippen LogP contribution in [0.3, 0.4) is 0 Å². The molecule has 2 N–H and O–H groups in total. The number of ether oxygens (including phenoxy) is 1. The normalized spacial score (nSPS) is 11.1. The lowest BCUT2D eigenvalue weighted by Gasteiger charge is -2.09. The molecule has 0 fully saturated rings. The van der Waals surface area contributed by atoms with Crippen LogP contribution in [-0.4, -0.2) is 12.5 Å². The second-order valence-corrected chi connectivity index (χ2v) is 6.41. The zero-order valence-electron chi connectivity index (χ0n) is 10.2. The summed E-state index contributed by atoms with van der Waals surface area (Å²) in [6.07, 6.45) is 0. The fourth-order valence-electron chi connectivity index (χ4n) is 1.55. The highest BCUT2D eigenvalue weighted by Gasteiger charge is 2.11. The Kier molecular flexibility index (Phi) is 3.92. The van der Waals surface area contributed by atoms with Crippen LogP contribution in [-0.2, 0) is 0 Å². The smallest absolute Gasteiger partial charge is 0.258 e. The maximum atomic E-state index is 11.2. The van der Waals surface area contributed by atoms with Crippen LogP contribution in [0.25, 0.3) is 10.1 Å². The Hall–Kier alpha value is -1.07. The Bertz CT molecular complexity index is 592. The summed E-state index contributed by atoms with van der Waals surface area (Å²) in [7, 11) is 0. The van der Waals surface area contributed by atoms with Gasteiger partial charge in [-0.15, -0.1) is 11.3 Å². The maximum absolute atomic E-state index is 11.2. The molecule has 18 heavy (non-hydrogen) atoms. The second kappa shape index (κ2) is 5.28. The summed E-state index contributed by atoms with van der Waals surface area (Å²) in [6, 6.07) is 5.66. The lowest BCUT2D eigenvalue weighted by molar-refractivity contribution is 0.100. The first-order valence-electron chi connectivity index (χ1n) is 5.63. The number of nitrogens with two attached hydrogens (primary N) is 1. The summed E-state index contributed by atoms with van der Waals surface area (Å²) in [4.78, 5) is 11.7. The van der Waals surface area contributed by atoms with E-state index in [1.54, 1.807) is 6.07 Å². The van der Waals surface area contributed by atoms with Crippen molar-refractivity contribution in [2.75, 3.05) is 6.61 Å². The van der Waals surface area contributed by atoms with Crippen molar-refractivity contribution < 1.29 is 9.53 Å². The van der Waals surface area contributed by atoms with Gasteiger partial charge in [0.2, 0.25) is 0 Å². The van der Waals surface area contributed by atoms with Crippen molar-refractivity contribution in [3.63, 3.8) is 0 Å². The van der Waals surface area contributed by atoms with Gasteiger partial charge in [-0.1, -0.05) is 13.8 Å². The van der Waals surface area contributed by atoms with Crippen molar-refractivity contribution >= 4 is 43.3 Å². The van der Waals surface area contributed by atoms with E-state index >= 15 is 0 Å². The van der Waals surface area contributed by atoms with Crippen molar-refractivity contribution in [3.8, 4) is 5.75 Å². The summed E-state index contributed by atoms with van der Waals surface area (Å²) in [5.74, 6) is 0.882. The molecule has 5 heteroatoms. The Morgan fingerprint density at radius 1 is 1.44 bits per heavy atom. The van der Waals surface area contributed by atoms with E-state index in [0.717, 1.165) is 20.3 Å². The highest BCUT2D eigenvalue weighted by atomic mass is 79.9. The number of hydrogen-bond donors (Lipinski definition) is 1. The van der Waals surface area contributed by atoms with Gasteiger partial charge in [-0.05, 0) is 45.4 Å². The number of primary amides is 1. The number of benzene rings is 1. The quantitative estimate of drug-likeness (QED) is 0.928. The average molecular weight is 328 g/mol. The number of thiophene rings is 1. The van der Waals surface area contributed by atoms with Crippen LogP contribution in [0.4, 0.5) is 0 Å². The highest BCUT2D eigenvalue weighted by molar-refractivity contribution is 9.10. The molecule has 2 aromatic rings. The zero-order valence-corrected chi connectivity index (χ0v) is 12.6. The van der Waals surface area contributed by atoms with Crippen molar-refractivity contribution in [1.29, 1.82) is 0 Å². The lowest BCUT2D eigenvalue weighted by Crippen LogP contribution is -2.07. The molecule has 1 heterocycles. The van der Waals surface area contributed by atoms with Crippen molar-refractivity contribution in [1.82, 2.24) is 0 Å². The number of amides is 1. The molecule has 0 spiro atoms. The first-order chi connectivity index (χ1) is 8.47. The van der Waals surface area contributed by atoms with E-state index in [1.807, 2.05) is 12.1 Å². The summed E-state index contributed by atoms with van der Waals surface area (Å²) < 4.78 is 7.63. The molecule has 3 nitrogen and oxygen atoms in total. The molecule has 1 amide bonds. The van der Waals surface area contributed by atoms with Gasteiger partial charge < -0.3 is 10.5 Å². The fourth-order valence-corrected chi connectivity index (χ4v) is 3.15. The van der Waals surface area contributed by atoms with Crippen LogP contribution < -0.4 is 10.5 Å². The van der Waals surface area contributed by atoms with Gasteiger partial charge in [0.1, 0.15) is 5.75 Å². The molecular weight excluding hydrogens is 314 g/mol. The van der Waals surface area contributed by atoms with Gasteiger partial charge in [-0.2, -0.15) is 0 Å². The first-order valence-corrected chi connectivity index (χ1v) is 7.24. The van der Waals surface area contributed by atoms with Gasteiger partial charge in [0.05, 0.1) is 11.5 Å². The van der Waals surface area contributed by atoms with Crippen molar-refractivity contribution in [2.45, 2.75) is 13.8 Å². The molecule has 0 saturated carbocycles. The largest absolute Gasteiger partial charge is 0.493 e. The third-order valence-electron chi connectivity index (χ3n) is 2.37. The van der Waals surface area contributed by atoms with Crippen molar-refractivity contribution in [3.05, 3.63) is 27.5 Å². The maximum Gasteiger partial charge on any atom is 0.258 e. The molecule has 0 unspecified atom stereocenters. The topological polar surface area (TPSA) is 52.3 Å². The number of carbonyl (C=O) groups is 1. The van der Waals surface area contributed by atoms with Gasteiger partial charge in [0.15, 0.2) is 0 Å². The van der Waals surface area contributed by atoms with Gasteiger partial charge in [0, 0.05) is 9.17 Å². The lowest BCUT2D eigenvalue weighted by atomic mass is 10.2. The number of carbonyl (C=O) groups excluding carboxylic acids is 1. The molecule has 0 aliphatic rings. The zero-order chi connectivity index (χ0) is 13.3. The van der Waals surface area contributed by atoms with Crippen LogP contribution in [0, 0.1) is 5.92 Å². The Morgan fingerprint density at radius 3 is 2.78 bits per heavy atom. The standard InChI is InChI=1S/C13H14BrNO2S/c1-7(2)6-17-9-3-8-4-11(13(15)16)18-12(8)10(14)5-9/h3-5,7H,6H2,1-2H3,(H2,15,16). The van der Waals surface area contributed by atoms with E-state index in [0.29, 0.717) is 17.4 Å². The van der Waals surface area contributed by atoms with Gasteiger partial charge >= 0.3 is 0 Å². The van der Waals surface area contributed by atoms with E-state index < -0.39 is 5.91 Å². The number of halogens is 1. The summed E-state index contributed by atoms with van der Waals surface area (Å²) in [5.41, 5.74) is 5.29. The fraction of sp³-hybridized carbons (Fsp3) is 0.308. The molecule has 0 aliphatic carbocycles. The predicted molar refractivity (Wildman–Crippen MR) is 78.4 cm³/mol. The van der Waals surface area contributed by atoms with Crippen LogP contribution >= 0.6 is 27.3 Å². The number of rotatable bonds is 4. The Morgan fingerprint density at radius 2 is 2.17 bits per heavy atom. The third kappa shape index (κ3) is 2.84. The van der Waals surface area contributed by atoms with Crippen molar-refractivity contribution in [2.24, 2.45) is 11.7 Å². The monoisotopic (exact) mass is 327 g/mol. The minimum absolute atomic E-state index is 0.396. The van der Waals surface area contributed by atoms with Crippen LogP contribution in [0.15, 0.2) is 22.7 Å². The van der Waals surface area contributed by atoms with Crippen LogP contribution in [0.5, 0.6) is 5.75 Å².